The molecule has 0 bridgehead atoms. The Balaban J connectivity index is 0.00000180. The van der Waals surface area contributed by atoms with E-state index in [0.717, 1.165) is 12.8 Å². The Hall–Kier alpha value is 0.0800. The summed E-state index contributed by atoms with van der Waals surface area (Å²) in [5, 5.41) is 0. The largest absolute Gasteiger partial charge is 0.383 e. The van der Waals surface area contributed by atoms with Crippen molar-refractivity contribution in [1.82, 2.24) is 8.61 Å². The fraction of sp³-hybridized carbons (Fsp3) is 1.00. The number of hydrogen-bond acceptors (Lipinski definition) is 4. The summed E-state index contributed by atoms with van der Waals surface area (Å²) in [6.07, 6.45) is 2.09. The Morgan fingerprint density at radius 3 is 2.63 bits per heavy atom. The molecule has 2 rings (SSSR count). The van der Waals surface area contributed by atoms with Crippen LogP contribution in [0.5, 0.6) is 0 Å². The first-order valence-corrected chi connectivity index (χ1v) is 7.82. The average molecular weight is 314 g/mol. The van der Waals surface area contributed by atoms with Crippen LogP contribution in [0.3, 0.4) is 0 Å². The van der Waals surface area contributed by atoms with Crippen LogP contribution in [0.4, 0.5) is 0 Å². The van der Waals surface area contributed by atoms with Crippen molar-refractivity contribution in [2.24, 2.45) is 17.6 Å². The molecule has 2 N–H and O–H groups in total. The third-order valence-electron chi connectivity index (χ3n) is 4.21. The fourth-order valence-corrected chi connectivity index (χ4v) is 4.43. The molecule has 3 atom stereocenters. The van der Waals surface area contributed by atoms with E-state index in [1.807, 2.05) is 0 Å². The molecule has 8 heteroatoms. The van der Waals surface area contributed by atoms with Gasteiger partial charge in [-0.3, -0.25) is 0 Å². The molecule has 2 aliphatic rings. The lowest BCUT2D eigenvalue weighted by atomic mass is 9.98. The quantitative estimate of drug-likeness (QED) is 0.769. The van der Waals surface area contributed by atoms with E-state index >= 15 is 0 Å². The molecule has 0 amide bonds. The maximum atomic E-state index is 12.3. The van der Waals surface area contributed by atoms with Gasteiger partial charge in [0.15, 0.2) is 0 Å². The minimum absolute atomic E-state index is 0. The van der Waals surface area contributed by atoms with Crippen LogP contribution in [0.15, 0.2) is 0 Å². The van der Waals surface area contributed by atoms with E-state index in [-0.39, 0.29) is 18.4 Å². The molecule has 3 unspecified atom stereocenters. The van der Waals surface area contributed by atoms with Gasteiger partial charge in [-0.1, -0.05) is 0 Å². The highest BCUT2D eigenvalue weighted by Gasteiger charge is 2.45. The van der Waals surface area contributed by atoms with Gasteiger partial charge in [-0.05, 0) is 24.7 Å². The number of fused-ring (bicyclic) bond motifs is 1. The zero-order valence-electron chi connectivity index (χ0n) is 11.5. The third kappa shape index (κ3) is 3.40. The zero-order valence-corrected chi connectivity index (χ0v) is 13.1. The summed E-state index contributed by atoms with van der Waals surface area (Å²) in [5.74, 6) is 0.793. The Morgan fingerprint density at radius 1 is 1.37 bits per heavy atom. The second-order valence-corrected chi connectivity index (χ2v) is 7.34. The monoisotopic (exact) mass is 313 g/mol. The van der Waals surface area contributed by atoms with Crippen LogP contribution in [-0.4, -0.2) is 63.5 Å². The van der Waals surface area contributed by atoms with Crippen molar-refractivity contribution in [3.63, 3.8) is 0 Å². The van der Waals surface area contributed by atoms with Crippen molar-refractivity contribution in [1.29, 1.82) is 0 Å². The van der Waals surface area contributed by atoms with Gasteiger partial charge in [-0.2, -0.15) is 17.0 Å². The second kappa shape index (κ2) is 6.69. The summed E-state index contributed by atoms with van der Waals surface area (Å²) in [7, 11) is -0.177. The molecule has 1 aliphatic heterocycles. The van der Waals surface area contributed by atoms with E-state index in [0.29, 0.717) is 38.1 Å². The van der Waals surface area contributed by atoms with Crippen LogP contribution in [0.2, 0.25) is 0 Å². The van der Waals surface area contributed by atoms with Crippen molar-refractivity contribution >= 4 is 22.6 Å². The highest BCUT2D eigenvalue weighted by Crippen LogP contribution is 2.38. The lowest BCUT2D eigenvalue weighted by molar-refractivity contribution is 0.182. The Bertz CT molecular complexity index is 393. The van der Waals surface area contributed by atoms with Crippen LogP contribution >= 0.6 is 12.4 Å². The summed E-state index contributed by atoms with van der Waals surface area (Å²) in [6.45, 7) is 2.00. The predicted molar refractivity (Wildman–Crippen MR) is 76.4 cm³/mol. The molecule has 114 valence electrons. The third-order valence-corrected chi connectivity index (χ3v) is 6.13. The Kier molecular flexibility index (Phi) is 6.03. The lowest BCUT2D eigenvalue weighted by Crippen LogP contribution is -2.43. The number of likely N-dealkylation sites (N-methyl/N-ethyl adjacent to an activating group) is 1. The standard InChI is InChI=1S/C11H23N3O3S.ClH/c1-13(5-6-17-2)18(15,16)14-7-9-3-4-11(12)10(9)8-14;/h9-11H,3-8,12H2,1-2H3;1H. The smallest absolute Gasteiger partial charge is 0.281 e. The van der Waals surface area contributed by atoms with Gasteiger partial charge in [-0.25, -0.2) is 0 Å². The highest BCUT2D eigenvalue weighted by molar-refractivity contribution is 7.86. The average Bonchev–Trinajstić information content (AvgIpc) is 2.89. The normalized spacial score (nSPS) is 31.5. The molecule has 0 radical (unpaired) electrons. The first-order chi connectivity index (χ1) is 8.46. The minimum Gasteiger partial charge on any atom is -0.383 e. The molecule has 6 nitrogen and oxygen atoms in total. The number of ether oxygens (including phenoxy) is 1. The van der Waals surface area contributed by atoms with E-state index < -0.39 is 10.2 Å². The van der Waals surface area contributed by atoms with Gasteiger partial charge < -0.3 is 10.5 Å². The van der Waals surface area contributed by atoms with Crippen molar-refractivity contribution < 1.29 is 13.2 Å². The molecule has 1 heterocycles. The SMILES string of the molecule is COCCN(C)S(=O)(=O)N1CC2CCC(N)C2C1.Cl. The molecular formula is C11H24ClN3O3S. The van der Waals surface area contributed by atoms with Gasteiger partial charge in [0.05, 0.1) is 6.61 Å². The van der Waals surface area contributed by atoms with Crippen molar-refractivity contribution in [2.45, 2.75) is 18.9 Å². The Morgan fingerprint density at radius 2 is 2.05 bits per heavy atom. The molecule has 0 aromatic carbocycles. The maximum absolute atomic E-state index is 12.3. The summed E-state index contributed by atoms with van der Waals surface area (Å²) in [4.78, 5) is 0. The maximum Gasteiger partial charge on any atom is 0.281 e. The summed E-state index contributed by atoms with van der Waals surface area (Å²) in [6, 6.07) is 0.166. The van der Waals surface area contributed by atoms with Gasteiger partial charge in [0.2, 0.25) is 0 Å². The summed E-state index contributed by atoms with van der Waals surface area (Å²) >= 11 is 0. The topological polar surface area (TPSA) is 75.9 Å². The van der Waals surface area contributed by atoms with Crippen molar-refractivity contribution in [3.8, 4) is 0 Å². The number of rotatable bonds is 5. The molecule has 19 heavy (non-hydrogen) atoms. The van der Waals surface area contributed by atoms with Crippen molar-refractivity contribution in [3.05, 3.63) is 0 Å². The van der Waals surface area contributed by atoms with Crippen LogP contribution in [0.25, 0.3) is 0 Å². The number of methoxy groups -OCH3 is 1. The van der Waals surface area contributed by atoms with E-state index in [9.17, 15) is 8.42 Å². The fourth-order valence-electron chi connectivity index (χ4n) is 2.99. The number of halogens is 1. The summed E-state index contributed by atoms with van der Waals surface area (Å²) < 4.78 is 32.5. The van der Waals surface area contributed by atoms with E-state index in [2.05, 4.69) is 0 Å². The molecular weight excluding hydrogens is 290 g/mol. The second-order valence-electron chi connectivity index (χ2n) is 5.30. The number of hydrogen-bond donors (Lipinski definition) is 1. The van der Waals surface area contributed by atoms with Crippen LogP contribution in [0.1, 0.15) is 12.8 Å². The van der Waals surface area contributed by atoms with Crippen LogP contribution in [-0.2, 0) is 14.9 Å². The number of nitrogens with zero attached hydrogens (tertiary/aromatic N) is 2. The van der Waals surface area contributed by atoms with E-state index in [1.54, 1.807) is 18.5 Å². The van der Waals surface area contributed by atoms with E-state index in [1.165, 1.54) is 4.31 Å². The van der Waals surface area contributed by atoms with Gasteiger partial charge >= 0.3 is 0 Å². The van der Waals surface area contributed by atoms with Gasteiger partial charge in [0, 0.05) is 39.8 Å². The first-order valence-electron chi connectivity index (χ1n) is 6.42. The first kappa shape index (κ1) is 17.1. The molecule has 1 saturated carbocycles. The van der Waals surface area contributed by atoms with Gasteiger partial charge in [0.1, 0.15) is 0 Å². The predicted octanol–water partition coefficient (Wildman–Crippen LogP) is -0.0997. The Labute approximate surface area is 121 Å². The summed E-state index contributed by atoms with van der Waals surface area (Å²) in [5.41, 5.74) is 6.03. The molecule has 0 spiro atoms. The lowest BCUT2D eigenvalue weighted by Gasteiger charge is -2.24. The molecule has 0 aromatic rings. The zero-order chi connectivity index (χ0) is 13.3. The number of nitrogens with two attached hydrogens (primary N) is 1. The van der Waals surface area contributed by atoms with Crippen LogP contribution < -0.4 is 5.73 Å². The highest BCUT2D eigenvalue weighted by atomic mass is 35.5. The molecule has 0 aromatic heterocycles. The molecule has 1 saturated heterocycles. The molecule has 1 aliphatic carbocycles. The van der Waals surface area contributed by atoms with Gasteiger partial charge in [0.25, 0.3) is 10.2 Å². The van der Waals surface area contributed by atoms with Crippen LogP contribution in [0, 0.1) is 11.8 Å². The van der Waals surface area contributed by atoms with Gasteiger partial charge in [-0.15, -0.1) is 12.4 Å². The van der Waals surface area contributed by atoms with E-state index in [4.69, 9.17) is 10.5 Å². The van der Waals surface area contributed by atoms with Crippen molar-refractivity contribution in [2.75, 3.05) is 40.4 Å². The minimum atomic E-state index is -3.35. The molecule has 2 fully saturated rings.